The fraction of sp³-hybridized carbons (Fsp3) is 0.571. The van der Waals surface area contributed by atoms with Gasteiger partial charge in [0, 0.05) is 31.2 Å². The van der Waals surface area contributed by atoms with Crippen molar-refractivity contribution in [3.63, 3.8) is 0 Å². The number of rotatable bonds is 10. The van der Waals surface area contributed by atoms with Gasteiger partial charge in [0.1, 0.15) is 29.9 Å². The van der Waals surface area contributed by atoms with Gasteiger partial charge < -0.3 is 30.7 Å². The molecule has 9 nitrogen and oxygen atoms in total. The molecule has 2 aromatic rings. The van der Waals surface area contributed by atoms with Gasteiger partial charge >= 0.3 is 0 Å². The predicted molar refractivity (Wildman–Crippen MR) is 150 cm³/mol. The van der Waals surface area contributed by atoms with Gasteiger partial charge in [-0.3, -0.25) is 14.7 Å². The molecule has 208 valence electrons. The van der Waals surface area contributed by atoms with E-state index in [4.69, 9.17) is 4.74 Å². The van der Waals surface area contributed by atoms with Crippen molar-refractivity contribution in [1.29, 1.82) is 0 Å². The molecule has 5 N–H and O–H groups in total. The smallest absolute Gasteiger partial charge is 0.237 e. The van der Waals surface area contributed by atoms with Crippen LogP contribution in [0.15, 0.2) is 48.8 Å². The fourth-order valence-electron chi connectivity index (χ4n) is 5.50. The van der Waals surface area contributed by atoms with Gasteiger partial charge in [-0.1, -0.05) is 31.5 Å². The number of likely N-dealkylation sites (tertiary alicyclic amines) is 1. The number of carbonyl (C=O) groups excluding carboxylic acids is 1. The molecule has 1 amide bonds. The van der Waals surface area contributed by atoms with E-state index in [1.807, 2.05) is 49.6 Å². The van der Waals surface area contributed by atoms with Gasteiger partial charge in [0.15, 0.2) is 0 Å². The second kappa shape index (κ2) is 13.2. The van der Waals surface area contributed by atoms with Gasteiger partial charge in [0.2, 0.25) is 5.91 Å². The maximum atomic E-state index is 13.4. The minimum absolute atomic E-state index is 0.123. The van der Waals surface area contributed by atoms with Gasteiger partial charge in [-0.25, -0.2) is 0 Å². The first-order valence-corrected chi connectivity index (χ1v) is 14.6. The number of amides is 1. The van der Waals surface area contributed by atoms with Gasteiger partial charge in [0.25, 0.3) is 0 Å². The van der Waals surface area contributed by atoms with Crippen LogP contribution >= 0.6 is 11.8 Å². The zero-order valence-corrected chi connectivity index (χ0v) is 23.1. The number of hydrogen-bond acceptors (Lipinski definition) is 9. The number of hydrogen-bond donors (Lipinski definition) is 5. The Kier molecular flexibility index (Phi) is 10.0. The minimum Gasteiger partial charge on any atom is -0.388 e. The maximum Gasteiger partial charge on any atom is 0.237 e. The number of nitrogens with zero attached hydrogens (tertiary/aromatic N) is 2. The Morgan fingerprint density at radius 1 is 1.16 bits per heavy atom. The molecule has 2 aliphatic rings. The molecule has 1 aromatic heterocycles. The molecule has 3 heterocycles. The highest BCUT2D eigenvalue weighted by Crippen LogP contribution is 2.30. The molecule has 1 aromatic carbocycles. The van der Waals surface area contributed by atoms with Crippen molar-refractivity contribution in [2.75, 3.05) is 31.7 Å². The van der Waals surface area contributed by atoms with Crippen LogP contribution in [0.3, 0.4) is 0 Å². The molecule has 2 fully saturated rings. The Labute approximate surface area is 229 Å². The first kappa shape index (κ1) is 28.8. The molecule has 2 aliphatic heterocycles. The van der Waals surface area contributed by atoms with E-state index >= 15 is 0 Å². The number of aliphatic hydroxyl groups excluding tert-OH is 3. The number of likely N-dealkylation sites (N-methyl/N-ethyl adjacent to an activating group) is 1. The number of pyridine rings is 1. The third-order valence-electron chi connectivity index (χ3n) is 7.60. The third-order valence-corrected chi connectivity index (χ3v) is 8.46. The molecular formula is C28H40N4O5S. The lowest BCUT2D eigenvalue weighted by Crippen LogP contribution is -2.64. The highest BCUT2D eigenvalue weighted by molar-refractivity contribution is 7.99. The molecule has 2 unspecified atom stereocenters. The van der Waals surface area contributed by atoms with Crippen molar-refractivity contribution >= 4 is 23.4 Å². The van der Waals surface area contributed by atoms with Crippen molar-refractivity contribution in [3.05, 3.63) is 48.8 Å². The summed E-state index contributed by atoms with van der Waals surface area (Å²) in [6.45, 7) is 3.29. The summed E-state index contributed by atoms with van der Waals surface area (Å²) >= 11 is 1.26. The van der Waals surface area contributed by atoms with E-state index in [0.29, 0.717) is 5.92 Å². The maximum absolute atomic E-state index is 13.4. The summed E-state index contributed by atoms with van der Waals surface area (Å²) in [6, 6.07) is 10.9. The fourth-order valence-corrected chi connectivity index (χ4v) is 6.18. The highest BCUT2D eigenvalue weighted by atomic mass is 32.2. The Bertz CT molecular complexity index is 1030. The largest absolute Gasteiger partial charge is 0.388 e. The molecule has 38 heavy (non-hydrogen) atoms. The SMILES string of the molecule is CCC[C@@H]1C[C@@H](C(=O)N[C@H](CNc2ccc(-c3cccnc3)cc2)[C@H]2OC(SC)[C@H](O)C(O)[C@@H]2O)N(C)C1. The molecule has 0 aliphatic carbocycles. The zero-order valence-electron chi connectivity index (χ0n) is 22.2. The third kappa shape index (κ3) is 6.67. The molecule has 0 radical (unpaired) electrons. The van der Waals surface area contributed by atoms with Gasteiger partial charge in [0.05, 0.1) is 12.1 Å². The molecule has 8 atom stereocenters. The summed E-state index contributed by atoms with van der Waals surface area (Å²) in [5.74, 6) is 0.354. The number of thioether (sulfide) groups is 1. The van der Waals surface area contributed by atoms with E-state index in [1.54, 1.807) is 12.5 Å². The van der Waals surface area contributed by atoms with Crippen LogP contribution in [-0.4, -0.2) is 99.4 Å². The Balaban J connectivity index is 1.49. The van der Waals surface area contributed by atoms with Gasteiger partial charge in [-0.05, 0) is 61.4 Å². The van der Waals surface area contributed by atoms with Crippen molar-refractivity contribution in [2.45, 2.75) is 68.1 Å². The summed E-state index contributed by atoms with van der Waals surface area (Å²) in [7, 11) is 1.97. The van der Waals surface area contributed by atoms with Gasteiger partial charge in [-0.15, -0.1) is 11.8 Å². The zero-order chi connectivity index (χ0) is 27.2. The molecule has 4 rings (SSSR count). The molecule has 0 spiro atoms. The van der Waals surface area contributed by atoms with E-state index < -0.39 is 35.9 Å². The summed E-state index contributed by atoms with van der Waals surface area (Å²) in [6.07, 6.45) is 3.39. The van der Waals surface area contributed by atoms with Crippen molar-refractivity contribution in [3.8, 4) is 11.1 Å². The topological polar surface area (TPSA) is 127 Å². The van der Waals surface area contributed by atoms with E-state index in [2.05, 4.69) is 27.4 Å². The van der Waals surface area contributed by atoms with Crippen molar-refractivity contribution in [2.24, 2.45) is 5.92 Å². The van der Waals surface area contributed by atoms with Crippen LogP contribution in [0.1, 0.15) is 26.2 Å². The first-order valence-electron chi connectivity index (χ1n) is 13.3. The Morgan fingerprint density at radius 2 is 1.92 bits per heavy atom. The summed E-state index contributed by atoms with van der Waals surface area (Å²) in [4.78, 5) is 19.7. The van der Waals surface area contributed by atoms with E-state index in [0.717, 1.165) is 42.6 Å². The highest BCUT2D eigenvalue weighted by Gasteiger charge is 2.47. The summed E-state index contributed by atoms with van der Waals surface area (Å²) in [5, 5.41) is 38.2. The standard InChI is InChI=1S/C28H40N4O5S/c1-4-6-17-13-22(32(2)16-17)27(36)31-21(26-24(34)23(33)25(35)28(37-26)38-3)15-30-20-10-8-18(9-11-20)19-7-5-12-29-14-19/h5,7-12,14,17,21-26,28,30,33-35H,4,6,13,15-16H2,1-3H3,(H,31,36)/t17-,21-,22+,23?,24+,25-,26-,28?/m1/s1. The lowest BCUT2D eigenvalue weighted by Gasteiger charge is -2.43. The number of nitrogens with one attached hydrogen (secondary N) is 2. The number of benzene rings is 1. The molecule has 0 saturated carbocycles. The molecule has 2 saturated heterocycles. The Hall–Kier alpha value is -2.21. The van der Waals surface area contributed by atoms with Crippen LogP contribution < -0.4 is 10.6 Å². The second-order valence-corrected chi connectivity index (χ2v) is 11.3. The van der Waals surface area contributed by atoms with E-state index in [9.17, 15) is 20.1 Å². The average Bonchev–Trinajstić information content (AvgIpc) is 3.31. The van der Waals surface area contributed by atoms with Crippen LogP contribution in [0.2, 0.25) is 0 Å². The Morgan fingerprint density at radius 3 is 2.58 bits per heavy atom. The normalized spacial score (nSPS) is 30.6. The number of ether oxygens (including phenoxy) is 1. The van der Waals surface area contributed by atoms with Crippen LogP contribution in [0.5, 0.6) is 0 Å². The van der Waals surface area contributed by atoms with Crippen LogP contribution in [-0.2, 0) is 9.53 Å². The molecule has 0 bridgehead atoms. The van der Waals surface area contributed by atoms with Crippen molar-refractivity contribution in [1.82, 2.24) is 15.2 Å². The summed E-state index contributed by atoms with van der Waals surface area (Å²) < 4.78 is 6.04. The van der Waals surface area contributed by atoms with E-state index in [1.165, 1.54) is 11.8 Å². The number of aromatic nitrogens is 1. The first-order chi connectivity index (χ1) is 18.3. The summed E-state index contributed by atoms with van der Waals surface area (Å²) in [5.41, 5.74) is 2.16. The second-order valence-electron chi connectivity index (χ2n) is 10.3. The quantitative estimate of drug-likeness (QED) is 0.305. The number of aliphatic hydroxyl groups is 3. The number of carbonyl (C=O) groups is 1. The average molecular weight is 545 g/mol. The lowest BCUT2D eigenvalue weighted by molar-refractivity contribution is -0.204. The predicted octanol–water partition coefficient (Wildman–Crippen LogP) is 1.94. The molecule has 10 heteroatoms. The van der Waals surface area contributed by atoms with Crippen LogP contribution in [0, 0.1) is 5.92 Å². The van der Waals surface area contributed by atoms with E-state index in [-0.39, 0.29) is 18.5 Å². The minimum atomic E-state index is -1.38. The molecular weight excluding hydrogens is 504 g/mol. The lowest BCUT2D eigenvalue weighted by atomic mass is 9.94. The number of anilines is 1. The van der Waals surface area contributed by atoms with Crippen molar-refractivity contribution < 1.29 is 24.9 Å². The van der Waals surface area contributed by atoms with Crippen LogP contribution in [0.4, 0.5) is 5.69 Å². The van der Waals surface area contributed by atoms with Crippen LogP contribution in [0.25, 0.3) is 11.1 Å². The monoisotopic (exact) mass is 544 g/mol. The van der Waals surface area contributed by atoms with Gasteiger partial charge in [-0.2, -0.15) is 0 Å².